The van der Waals surface area contributed by atoms with Crippen LogP contribution >= 0.6 is 0 Å². The summed E-state index contributed by atoms with van der Waals surface area (Å²) < 4.78 is 14.3. The van der Waals surface area contributed by atoms with Gasteiger partial charge in [-0.1, -0.05) is 176 Å². The summed E-state index contributed by atoms with van der Waals surface area (Å²) in [5.74, 6) is 3.47. The highest BCUT2D eigenvalue weighted by molar-refractivity contribution is 5.99. The fraction of sp³-hybridized carbons (Fsp3) is 0.0423. The van der Waals surface area contributed by atoms with Crippen molar-refractivity contribution in [3.05, 3.63) is 304 Å². The first-order valence-corrected chi connectivity index (χ1v) is 25.8. The van der Waals surface area contributed by atoms with Crippen LogP contribution in [0.1, 0.15) is 55.6 Å². The molecule has 0 N–H and O–H groups in total. The van der Waals surface area contributed by atoms with Crippen molar-refractivity contribution in [3.8, 4) is 56.4 Å². The number of ether oxygens (including phenoxy) is 2. The Bertz CT molecular complexity index is 4390. The average Bonchev–Trinajstić information content (AvgIpc) is 4.10. The van der Waals surface area contributed by atoms with Crippen LogP contribution in [0.25, 0.3) is 54.9 Å². The summed E-state index contributed by atoms with van der Waals surface area (Å²) in [6, 6.07) is 92.4. The van der Waals surface area contributed by atoms with Crippen LogP contribution in [-0.2, 0) is 17.3 Å². The smallest absolute Gasteiger partial charge is 0.132 e. The van der Waals surface area contributed by atoms with E-state index in [4.69, 9.17) is 9.47 Å². The second kappa shape index (κ2) is 14.6. The van der Waals surface area contributed by atoms with E-state index in [9.17, 15) is 0 Å². The first-order valence-electron chi connectivity index (χ1n) is 25.8. The summed E-state index contributed by atoms with van der Waals surface area (Å²) in [5.41, 5.74) is 21.6. The highest BCUT2D eigenvalue weighted by Gasteiger charge is 2.53. The van der Waals surface area contributed by atoms with Gasteiger partial charge in [-0.3, -0.25) is 0 Å². The molecule has 2 heterocycles. The number of nitrogens with zero attached hydrogens (tertiary/aromatic N) is 1. The molecule has 0 saturated carbocycles. The van der Waals surface area contributed by atoms with E-state index in [1.165, 1.54) is 82.9 Å². The summed E-state index contributed by atoms with van der Waals surface area (Å²) in [5, 5.41) is 4.79. The van der Waals surface area contributed by atoms with E-state index in [0.717, 1.165) is 74.1 Å². The first-order chi connectivity index (χ1) is 36.7. The topological polar surface area (TPSA) is 21.7 Å². The molecule has 2 spiro atoms. The van der Waals surface area contributed by atoms with Gasteiger partial charge in [-0.15, -0.1) is 0 Å². The fourth-order valence-corrected chi connectivity index (χ4v) is 14.2. The van der Waals surface area contributed by atoms with Crippen molar-refractivity contribution >= 4 is 38.6 Å². The molecule has 0 radical (unpaired) electrons. The summed E-state index contributed by atoms with van der Waals surface area (Å²) >= 11 is 0. The molecule has 12 aromatic carbocycles. The first kappa shape index (κ1) is 40.2. The maximum absolute atomic E-state index is 7.20. The zero-order chi connectivity index (χ0) is 48.3. The minimum absolute atomic E-state index is 0.676. The van der Waals surface area contributed by atoms with Crippen LogP contribution in [0.4, 0.5) is 17.1 Å². The number of hydrogen-bond donors (Lipinski definition) is 0. The molecule has 0 fully saturated rings. The molecular formula is C71H43NO2. The Labute approximate surface area is 428 Å². The molecule has 3 aliphatic carbocycles. The molecule has 344 valence electrons. The number of rotatable bonds is 3. The van der Waals surface area contributed by atoms with Crippen LogP contribution in [-0.4, -0.2) is 0 Å². The Balaban J connectivity index is 0.965. The lowest BCUT2D eigenvalue weighted by Crippen LogP contribution is -2.33. The molecule has 1 unspecified atom stereocenters. The van der Waals surface area contributed by atoms with Crippen molar-refractivity contribution in [1.82, 2.24) is 0 Å². The van der Waals surface area contributed by atoms with Crippen LogP contribution in [0.3, 0.4) is 0 Å². The van der Waals surface area contributed by atoms with Gasteiger partial charge >= 0.3 is 0 Å². The third-order valence-corrected chi connectivity index (χ3v) is 17.1. The summed E-state index contributed by atoms with van der Waals surface area (Å²) in [6.45, 7) is 0. The van der Waals surface area contributed by atoms with E-state index >= 15 is 0 Å². The van der Waals surface area contributed by atoms with Gasteiger partial charge in [0.15, 0.2) is 0 Å². The second-order valence-electron chi connectivity index (χ2n) is 20.6. The minimum atomic E-state index is -0.676. The molecule has 0 bridgehead atoms. The lowest BCUT2D eigenvalue weighted by molar-refractivity contribution is 0.436. The van der Waals surface area contributed by atoms with E-state index in [0.29, 0.717) is 0 Å². The molecule has 0 saturated heterocycles. The zero-order valence-electron chi connectivity index (χ0n) is 40.1. The normalized spacial score (nSPS) is 15.9. The largest absolute Gasteiger partial charge is 0.457 e. The van der Waals surface area contributed by atoms with Crippen LogP contribution in [0.5, 0.6) is 23.0 Å². The lowest BCUT2D eigenvalue weighted by Gasteiger charge is -2.41. The number of hydrogen-bond acceptors (Lipinski definition) is 3. The minimum Gasteiger partial charge on any atom is -0.457 e. The highest BCUT2D eigenvalue weighted by Crippen LogP contribution is 2.66. The van der Waals surface area contributed by atoms with Gasteiger partial charge in [0.25, 0.3) is 0 Å². The molecule has 3 nitrogen and oxygen atoms in total. The van der Waals surface area contributed by atoms with E-state index in [1.54, 1.807) is 0 Å². The van der Waals surface area contributed by atoms with Gasteiger partial charge in [0.1, 0.15) is 23.0 Å². The van der Waals surface area contributed by atoms with Gasteiger partial charge in [-0.05, 0) is 162 Å². The van der Waals surface area contributed by atoms with Gasteiger partial charge in [-0.2, -0.15) is 0 Å². The zero-order valence-corrected chi connectivity index (χ0v) is 40.1. The molecule has 1 atom stereocenters. The Hall–Kier alpha value is -9.44. The molecule has 0 amide bonds. The van der Waals surface area contributed by atoms with E-state index in [1.807, 2.05) is 0 Å². The molecular weight excluding hydrogens is 899 g/mol. The van der Waals surface area contributed by atoms with Crippen LogP contribution in [0, 0.1) is 0 Å². The maximum atomic E-state index is 7.20. The van der Waals surface area contributed by atoms with Gasteiger partial charge in [0.2, 0.25) is 0 Å². The molecule has 2 aliphatic heterocycles. The van der Waals surface area contributed by atoms with E-state index < -0.39 is 10.8 Å². The van der Waals surface area contributed by atoms with Gasteiger partial charge in [-0.25, -0.2) is 0 Å². The molecule has 12 aromatic rings. The van der Waals surface area contributed by atoms with Crippen LogP contribution in [0.15, 0.2) is 249 Å². The molecule has 5 aliphatic rings. The highest BCUT2D eigenvalue weighted by atomic mass is 16.5. The van der Waals surface area contributed by atoms with Crippen LogP contribution < -0.4 is 14.4 Å². The van der Waals surface area contributed by atoms with Crippen molar-refractivity contribution < 1.29 is 9.47 Å². The molecule has 3 heteroatoms. The molecule has 0 aromatic heterocycles. The summed E-state index contributed by atoms with van der Waals surface area (Å²) in [6.07, 6.45) is 0.881. The number of anilines is 3. The third-order valence-electron chi connectivity index (χ3n) is 17.1. The molecule has 74 heavy (non-hydrogen) atoms. The Kier molecular flexibility index (Phi) is 7.93. The Morgan fingerprint density at radius 1 is 0.284 bits per heavy atom. The second-order valence-corrected chi connectivity index (χ2v) is 20.6. The quantitative estimate of drug-likeness (QED) is 0.176. The maximum Gasteiger partial charge on any atom is 0.132 e. The van der Waals surface area contributed by atoms with Crippen LogP contribution in [0.2, 0.25) is 0 Å². The third kappa shape index (κ3) is 5.10. The Morgan fingerprint density at radius 2 is 0.730 bits per heavy atom. The number of para-hydroxylation sites is 1. The van der Waals surface area contributed by atoms with Crippen molar-refractivity contribution in [2.75, 3.05) is 4.90 Å². The fourth-order valence-electron chi connectivity index (χ4n) is 14.2. The van der Waals surface area contributed by atoms with Crippen molar-refractivity contribution in [3.63, 3.8) is 0 Å². The summed E-state index contributed by atoms with van der Waals surface area (Å²) in [7, 11) is 0. The van der Waals surface area contributed by atoms with Gasteiger partial charge in [0.05, 0.1) is 16.5 Å². The van der Waals surface area contributed by atoms with Crippen molar-refractivity contribution in [1.29, 1.82) is 0 Å². The monoisotopic (exact) mass is 941 g/mol. The van der Waals surface area contributed by atoms with E-state index in [-0.39, 0.29) is 0 Å². The predicted octanol–water partition coefficient (Wildman–Crippen LogP) is 18.0. The SMILES string of the molecule is c1ccc2c(c1)Cc1cccc(N(c3ccc4c(c3)C3(c5cc6ccccc6cc5O4)c4ccccc4-c4ccccc43)c3ccc4c(c3)C3(c5ccccc5O4)c4ccccc4-c4cc5ccccc5cc43)c1-2. The standard InChI is InChI=1S/C71H43NO2/c1-2-17-44-38-60-55(37-43(44)16-1)54-25-9-12-28-58(54)71(60)59-29-13-14-31-65(59)73-66-34-32-50(42-63(66)71)72(64-30-15-21-48-36-47-20-5-6-22-51(47)69(48)64)49-33-35-67-62(41-49)70(61-39-45-18-3-4-19-46(45)40-68(61)74-67)56-26-10-7-23-52(56)53-24-8-11-27-57(53)70/h1-35,37-42H,36H2. The van der Waals surface area contributed by atoms with E-state index in [2.05, 4.69) is 254 Å². The van der Waals surface area contributed by atoms with Gasteiger partial charge < -0.3 is 14.4 Å². The number of fused-ring (bicyclic) bond motifs is 23. The van der Waals surface area contributed by atoms with Gasteiger partial charge in [0, 0.05) is 39.2 Å². The Morgan fingerprint density at radius 3 is 1.38 bits per heavy atom. The lowest BCUT2D eigenvalue weighted by atomic mass is 9.65. The molecule has 17 rings (SSSR count). The van der Waals surface area contributed by atoms with Crippen molar-refractivity contribution in [2.45, 2.75) is 17.3 Å². The predicted molar refractivity (Wildman–Crippen MR) is 299 cm³/mol. The average molecular weight is 942 g/mol. The summed E-state index contributed by atoms with van der Waals surface area (Å²) in [4.78, 5) is 2.52. The number of benzene rings is 12. The van der Waals surface area contributed by atoms with Crippen molar-refractivity contribution in [2.24, 2.45) is 0 Å².